The second-order valence-corrected chi connectivity index (χ2v) is 5.70. The Morgan fingerprint density at radius 2 is 2.15 bits per heavy atom. The quantitative estimate of drug-likeness (QED) is 0.723. The summed E-state index contributed by atoms with van der Waals surface area (Å²) >= 11 is 0. The van der Waals surface area contributed by atoms with Crippen molar-refractivity contribution in [1.29, 1.82) is 0 Å². The number of carboxylic acids is 1. The van der Waals surface area contributed by atoms with E-state index in [2.05, 4.69) is 4.72 Å². The molecular formula is C13H16NO5S-. The van der Waals surface area contributed by atoms with Gasteiger partial charge in [0.15, 0.2) is 0 Å². The van der Waals surface area contributed by atoms with E-state index in [1.165, 1.54) is 25.3 Å². The normalized spacial score (nSPS) is 11.7. The maximum absolute atomic E-state index is 12.1. The number of rotatable bonds is 7. The largest absolute Gasteiger partial charge is 0.545 e. The molecule has 0 atom stereocenters. The molecule has 0 radical (unpaired) electrons. The zero-order valence-corrected chi connectivity index (χ0v) is 12.1. The fraction of sp³-hybridized carbons (Fsp3) is 0.308. The molecule has 0 amide bonds. The first-order chi connectivity index (χ1) is 9.40. The van der Waals surface area contributed by atoms with E-state index in [0.717, 1.165) is 6.08 Å². The van der Waals surface area contributed by atoms with Gasteiger partial charge in [0.05, 0.1) is 13.1 Å². The van der Waals surface area contributed by atoms with Crippen LogP contribution in [0, 0.1) is 0 Å². The number of methoxy groups -OCH3 is 1. The van der Waals surface area contributed by atoms with E-state index in [9.17, 15) is 18.3 Å². The summed E-state index contributed by atoms with van der Waals surface area (Å²) in [5.41, 5.74) is 0.423. The van der Waals surface area contributed by atoms with Crippen LogP contribution < -0.4 is 14.6 Å². The van der Waals surface area contributed by atoms with Crippen molar-refractivity contribution in [2.45, 2.75) is 18.2 Å². The number of benzene rings is 1. The van der Waals surface area contributed by atoms with E-state index >= 15 is 0 Å². The standard InChI is InChI=1S/C13H17NO5S/c1-3-8-14-20(17,18)12-9-10(5-7-13(15)16)4-6-11(12)19-2/h4-7,9,14H,3,8H2,1-2H3,(H,15,16)/p-1/b7-5+. The molecule has 6 nitrogen and oxygen atoms in total. The minimum Gasteiger partial charge on any atom is -0.545 e. The van der Waals surface area contributed by atoms with Crippen molar-refractivity contribution in [3.63, 3.8) is 0 Å². The Kier molecular flexibility index (Phi) is 5.72. The summed E-state index contributed by atoms with van der Waals surface area (Å²) in [7, 11) is -2.33. The van der Waals surface area contributed by atoms with Gasteiger partial charge in [-0.1, -0.05) is 19.1 Å². The lowest BCUT2D eigenvalue weighted by Gasteiger charge is -2.11. The minimum atomic E-state index is -3.70. The number of nitrogens with one attached hydrogen (secondary N) is 1. The molecule has 0 saturated carbocycles. The van der Waals surface area contributed by atoms with Crippen molar-refractivity contribution < 1.29 is 23.1 Å². The molecule has 20 heavy (non-hydrogen) atoms. The minimum absolute atomic E-state index is 0.0334. The molecule has 110 valence electrons. The lowest BCUT2D eigenvalue weighted by atomic mass is 10.2. The Morgan fingerprint density at radius 1 is 1.45 bits per heavy atom. The Bertz CT molecular complexity index is 607. The van der Waals surface area contributed by atoms with Gasteiger partial charge in [-0.25, -0.2) is 13.1 Å². The Labute approximate surface area is 118 Å². The van der Waals surface area contributed by atoms with Crippen LogP contribution in [-0.4, -0.2) is 28.0 Å². The van der Waals surface area contributed by atoms with Gasteiger partial charge in [0, 0.05) is 6.54 Å². The molecule has 1 aromatic carbocycles. The number of hydrogen-bond donors (Lipinski definition) is 1. The first-order valence-corrected chi connectivity index (χ1v) is 7.45. The monoisotopic (exact) mass is 298 g/mol. The van der Waals surface area contributed by atoms with Gasteiger partial charge in [0.1, 0.15) is 10.6 Å². The summed E-state index contributed by atoms with van der Waals surface area (Å²) < 4.78 is 31.7. The third kappa shape index (κ3) is 4.36. The smallest absolute Gasteiger partial charge is 0.244 e. The average molecular weight is 298 g/mol. The predicted molar refractivity (Wildman–Crippen MR) is 72.5 cm³/mol. The maximum atomic E-state index is 12.1. The summed E-state index contributed by atoms with van der Waals surface area (Å²) in [5, 5.41) is 10.4. The molecule has 1 N–H and O–H groups in total. The summed E-state index contributed by atoms with van der Waals surface area (Å²) in [6.45, 7) is 2.16. The molecule has 0 aliphatic carbocycles. The van der Waals surface area contributed by atoms with Crippen molar-refractivity contribution in [2.75, 3.05) is 13.7 Å². The van der Waals surface area contributed by atoms with Crippen molar-refractivity contribution in [3.05, 3.63) is 29.8 Å². The number of ether oxygens (including phenoxy) is 1. The fourth-order valence-electron chi connectivity index (χ4n) is 1.49. The van der Waals surface area contributed by atoms with Crippen molar-refractivity contribution in [2.24, 2.45) is 0 Å². The van der Waals surface area contributed by atoms with Crippen molar-refractivity contribution in [1.82, 2.24) is 4.72 Å². The van der Waals surface area contributed by atoms with Gasteiger partial charge < -0.3 is 14.6 Å². The second-order valence-electron chi connectivity index (χ2n) is 3.96. The topological polar surface area (TPSA) is 95.5 Å². The van der Waals surface area contributed by atoms with Crippen molar-refractivity contribution in [3.8, 4) is 5.75 Å². The second kappa shape index (κ2) is 7.06. The molecule has 0 aliphatic heterocycles. The summed E-state index contributed by atoms with van der Waals surface area (Å²) in [4.78, 5) is 10.3. The highest BCUT2D eigenvalue weighted by Crippen LogP contribution is 2.25. The number of hydrogen-bond acceptors (Lipinski definition) is 5. The Balaban J connectivity index is 3.21. The van der Waals surface area contributed by atoms with E-state index < -0.39 is 16.0 Å². The highest BCUT2D eigenvalue weighted by atomic mass is 32.2. The fourth-order valence-corrected chi connectivity index (χ4v) is 2.82. The average Bonchev–Trinajstić information content (AvgIpc) is 2.42. The van der Waals surface area contributed by atoms with Crippen LogP contribution in [0.2, 0.25) is 0 Å². The van der Waals surface area contributed by atoms with Crippen LogP contribution in [0.15, 0.2) is 29.2 Å². The van der Waals surface area contributed by atoms with Crippen LogP contribution in [0.1, 0.15) is 18.9 Å². The van der Waals surface area contributed by atoms with Gasteiger partial charge in [-0.15, -0.1) is 0 Å². The SMILES string of the molecule is CCCNS(=O)(=O)c1cc(/C=C/C(=O)[O-])ccc1OC. The highest BCUT2D eigenvalue weighted by Gasteiger charge is 2.18. The van der Waals surface area contributed by atoms with Gasteiger partial charge in [0.25, 0.3) is 0 Å². The van der Waals surface area contributed by atoms with E-state index in [1.54, 1.807) is 6.07 Å². The molecule has 1 aromatic rings. The summed E-state index contributed by atoms with van der Waals surface area (Å²) in [6.07, 6.45) is 2.75. The molecule has 0 aliphatic rings. The van der Waals surface area contributed by atoms with Crippen LogP contribution in [-0.2, 0) is 14.8 Å². The molecular weight excluding hydrogens is 282 g/mol. The van der Waals surface area contributed by atoms with Crippen LogP contribution in [0.5, 0.6) is 5.75 Å². The summed E-state index contributed by atoms with van der Waals surface area (Å²) in [6, 6.07) is 4.36. The molecule has 0 unspecified atom stereocenters. The van der Waals surface area contributed by atoms with E-state index in [1.807, 2.05) is 6.92 Å². The highest BCUT2D eigenvalue weighted by molar-refractivity contribution is 7.89. The van der Waals surface area contributed by atoms with Crippen LogP contribution >= 0.6 is 0 Å². The van der Waals surface area contributed by atoms with Gasteiger partial charge in [-0.05, 0) is 30.2 Å². The third-order valence-electron chi connectivity index (χ3n) is 2.43. The maximum Gasteiger partial charge on any atom is 0.244 e. The van der Waals surface area contributed by atoms with Gasteiger partial charge in [-0.3, -0.25) is 0 Å². The van der Waals surface area contributed by atoms with E-state index in [-0.39, 0.29) is 10.6 Å². The van der Waals surface area contributed by atoms with E-state index in [0.29, 0.717) is 18.5 Å². The third-order valence-corrected chi connectivity index (χ3v) is 3.91. The molecule has 0 spiro atoms. The zero-order valence-electron chi connectivity index (χ0n) is 11.3. The molecule has 7 heteroatoms. The van der Waals surface area contributed by atoms with Gasteiger partial charge in [-0.2, -0.15) is 0 Å². The van der Waals surface area contributed by atoms with Crippen LogP contribution in [0.3, 0.4) is 0 Å². The molecule has 0 bridgehead atoms. The van der Waals surface area contributed by atoms with Gasteiger partial charge >= 0.3 is 0 Å². The van der Waals surface area contributed by atoms with Crippen molar-refractivity contribution >= 4 is 22.1 Å². The lowest BCUT2D eigenvalue weighted by Crippen LogP contribution is -2.25. The Hall–Kier alpha value is -1.86. The number of aliphatic carboxylic acids is 1. The van der Waals surface area contributed by atoms with Gasteiger partial charge in [0.2, 0.25) is 10.0 Å². The molecule has 0 aromatic heterocycles. The van der Waals surface area contributed by atoms with Crippen LogP contribution in [0.4, 0.5) is 0 Å². The lowest BCUT2D eigenvalue weighted by molar-refractivity contribution is -0.297. The number of carboxylic acid groups (broad SMARTS) is 1. The number of carbonyl (C=O) groups excluding carboxylic acids is 1. The van der Waals surface area contributed by atoms with Crippen LogP contribution in [0.25, 0.3) is 6.08 Å². The zero-order chi connectivity index (χ0) is 15.2. The first-order valence-electron chi connectivity index (χ1n) is 5.97. The molecule has 1 rings (SSSR count). The Morgan fingerprint density at radius 3 is 2.70 bits per heavy atom. The molecule has 0 saturated heterocycles. The number of carbonyl (C=O) groups is 1. The summed E-state index contributed by atoms with van der Waals surface area (Å²) in [5.74, 6) is -1.16. The predicted octanol–water partition coefficient (Wildman–Crippen LogP) is 0.147. The molecule has 0 fully saturated rings. The number of sulfonamides is 1. The first kappa shape index (κ1) is 16.2. The molecule has 0 heterocycles. The van der Waals surface area contributed by atoms with E-state index in [4.69, 9.17) is 4.74 Å².